The van der Waals surface area contributed by atoms with E-state index in [1.165, 1.54) is 17.4 Å². The van der Waals surface area contributed by atoms with Crippen LogP contribution in [0.4, 0.5) is 27.6 Å². The van der Waals surface area contributed by atoms with E-state index >= 15 is 0 Å². The Hall–Kier alpha value is -2.23. The Bertz CT molecular complexity index is 530. The van der Waals surface area contributed by atoms with Crippen molar-refractivity contribution in [2.45, 2.75) is 12.1 Å². The van der Waals surface area contributed by atoms with Crippen molar-refractivity contribution in [3.05, 3.63) is 29.8 Å². The van der Waals surface area contributed by atoms with Gasteiger partial charge in [0.15, 0.2) is 0 Å². The first-order chi connectivity index (χ1) is 9.11. The van der Waals surface area contributed by atoms with Crippen molar-refractivity contribution in [3.63, 3.8) is 0 Å². The molecule has 0 heterocycles. The van der Waals surface area contributed by atoms with Crippen molar-refractivity contribution < 1.29 is 31.5 Å². The molecule has 0 unspecified atom stereocenters. The second-order valence-corrected chi connectivity index (χ2v) is 3.55. The average molecular weight is 297 g/mol. The monoisotopic (exact) mass is 297 g/mol. The number of carbonyl (C=O) groups excluding carboxylic acids is 2. The predicted molar refractivity (Wildman–Crippen MR) is 57.7 cm³/mol. The Kier molecular flexibility index (Phi) is 4.28. The molecule has 20 heavy (non-hydrogen) atoms. The molecular weight excluding hydrogens is 289 g/mol. The molecule has 0 radical (unpaired) electrons. The van der Waals surface area contributed by atoms with Gasteiger partial charge in [-0.15, -0.1) is 0 Å². The quantitative estimate of drug-likeness (QED) is 0.341. The van der Waals surface area contributed by atoms with Crippen LogP contribution < -0.4 is 16.6 Å². The van der Waals surface area contributed by atoms with Gasteiger partial charge in [0.2, 0.25) is 0 Å². The fourth-order valence-corrected chi connectivity index (χ4v) is 1.20. The van der Waals surface area contributed by atoms with Gasteiger partial charge in [-0.3, -0.25) is 15.0 Å². The molecule has 4 N–H and O–H groups in total. The van der Waals surface area contributed by atoms with E-state index in [9.17, 15) is 31.5 Å². The van der Waals surface area contributed by atoms with Crippen molar-refractivity contribution in [1.82, 2.24) is 5.43 Å². The van der Waals surface area contributed by atoms with Crippen molar-refractivity contribution in [2.24, 2.45) is 5.84 Å². The summed E-state index contributed by atoms with van der Waals surface area (Å²) in [6.45, 7) is 0. The number of hydrazine groups is 1. The van der Waals surface area contributed by atoms with Gasteiger partial charge in [-0.1, -0.05) is 12.1 Å². The molecule has 0 bridgehead atoms. The normalized spacial score (nSPS) is 11.9. The number of rotatable bonds is 3. The Morgan fingerprint density at radius 1 is 1.05 bits per heavy atom. The summed E-state index contributed by atoms with van der Waals surface area (Å²) in [7, 11) is 0. The average Bonchev–Trinajstić information content (AvgIpc) is 2.37. The van der Waals surface area contributed by atoms with E-state index in [4.69, 9.17) is 5.84 Å². The first kappa shape index (κ1) is 15.8. The van der Waals surface area contributed by atoms with Gasteiger partial charge in [0.25, 0.3) is 5.91 Å². The zero-order valence-electron chi connectivity index (χ0n) is 9.59. The molecular formula is C10H8F5N3O2. The van der Waals surface area contributed by atoms with Crippen molar-refractivity contribution in [3.8, 4) is 0 Å². The van der Waals surface area contributed by atoms with Crippen molar-refractivity contribution in [1.29, 1.82) is 0 Å². The first-order valence-electron chi connectivity index (χ1n) is 4.97. The van der Waals surface area contributed by atoms with Gasteiger partial charge in [0.1, 0.15) is 0 Å². The van der Waals surface area contributed by atoms with Gasteiger partial charge in [-0.25, -0.2) is 5.84 Å². The molecule has 0 aliphatic rings. The van der Waals surface area contributed by atoms with Gasteiger partial charge in [0, 0.05) is 0 Å². The third-order valence-electron chi connectivity index (χ3n) is 2.19. The van der Waals surface area contributed by atoms with Gasteiger partial charge in [-0.05, 0) is 12.1 Å². The summed E-state index contributed by atoms with van der Waals surface area (Å²) >= 11 is 0. The van der Waals surface area contributed by atoms with Crippen LogP contribution in [0.25, 0.3) is 0 Å². The lowest BCUT2D eigenvalue weighted by Crippen LogP contribution is -2.47. The van der Waals surface area contributed by atoms with Crippen LogP contribution >= 0.6 is 0 Å². The summed E-state index contributed by atoms with van der Waals surface area (Å²) in [6, 6.07) is 4.61. The van der Waals surface area contributed by atoms with Crippen LogP contribution in [0.15, 0.2) is 24.3 Å². The highest BCUT2D eigenvalue weighted by atomic mass is 19.4. The Balaban J connectivity index is 3.06. The summed E-state index contributed by atoms with van der Waals surface area (Å²) in [5.41, 5.74) is 0.780. The number of benzene rings is 1. The van der Waals surface area contributed by atoms with Crippen LogP contribution in [-0.2, 0) is 4.79 Å². The predicted octanol–water partition coefficient (Wildman–Crippen LogP) is 1.43. The highest BCUT2D eigenvalue weighted by Gasteiger charge is 2.63. The third kappa shape index (κ3) is 3.02. The van der Waals surface area contributed by atoms with Gasteiger partial charge in [0.05, 0.1) is 11.3 Å². The van der Waals surface area contributed by atoms with Crippen LogP contribution in [0, 0.1) is 0 Å². The molecule has 10 heteroatoms. The standard InChI is InChI=1S/C10H8F5N3O2/c11-9(12,10(13,14)15)8(20)17-6-4-2-1-3-5(6)7(19)18-16/h1-4H,16H2,(H,17,20)(H,18,19). The lowest BCUT2D eigenvalue weighted by molar-refractivity contribution is -0.267. The van der Waals surface area contributed by atoms with E-state index in [2.05, 4.69) is 0 Å². The lowest BCUT2D eigenvalue weighted by atomic mass is 10.1. The van der Waals surface area contributed by atoms with E-state index in [-0.39, 0.29) is 5.56 Å². The maximum absolute atomic E-state index is 12.8. The summed E-state index contributed by atoms with van der Waals surface area (Å²) in [4.78, 5) is 22.3. The number of hydrogen-bond acceptors (Lipinski definition) is 3. The number of alkyl halides is 5. The topological polar surface area (TPSA) is 84.2 Å². The van der Waals surface area contributed by atoms with E-state index in [0.717, 1.165) is 12.1 Å². The molecule has 1 aromatic rings. The third-order valence-corrected chi connectivity index (χ3v) is 2.19. The van der Waals surface area contributed by atoms with E-state index in [1.54, 1.807) is 5.43 Å². The summed E-state index contributed by atoms with van der Waals surface area (Å²) in [5.74, 6) is -4.32. The molecule has 0 aromatic heterocycles. The van der Waals surface area contributed by atoms with E-state index in [1.807, 2.05) is 0 Å². The number of halogens is 5. The fraction of sp³-hybridized carbons (Fsp3) is 0.200. The highest BCUT2D eigenvalue weighted by molar-refractivity contribution is 6.05. The summed E-state index contributed by atoms with van der Waals surface area (Å²) < 4.78 is 61.5. The molecule has 0 aliphatic carbocycles. The minimum Gasteiger partial charge on any atom is -0.320 e. The maximum Gasteiger partial charge on any atom is 0.463 e. The fourth-order valence-electron chi connectivity index (χ4n) is 1.20. The van der Waals surface area contributed by atoms with Crippen LogP contribution in [0.3, 0.4) is 0 Å². The molecule has 0 spiro atoms. The molecule has 1 rings (SSSR count). The smallest absolute Gasteiger partial charge is 0.320 e. The van der Waals surface area contributed by atoms with Crippen molar-refractivity contribution >= 4 is 17.5 Å². The van der Waals surface area contributed by atoms with Crippen LogP contribution in [0.2, 0.25) is 0 Å². The molecule has 110 valence electrons. The summed E-state index contributed by atoms with van der Waals surface area (Å²) in [5, 5.41) is 1.35. The molecule has 2 amide bonds. The Labute approximate surface area is 108 Å². The number of nitrogen functional groups attached to an aromatic ring is 1. The zero-order valence-corrected chi connectivity index (χ0v) is 9.59. The van der Waals surface area contributed by atoms with Crippen molar-refractivity contribution in [2.75, 3.05) is 5.32 Å². The number of amides is 2. The van der Waals surface area contributed by atoms with Crippen LogP contribution in [-0.4, -0.2) is 23.9 Å². The highest BCUT2D eigenvalue weighted by Crippen LogP contribution is 2.36. The van der Waals surface area contributed by atoms with Gasteiger partial charge < -0.3 is 5.32 Å². The van der Waals surface area contributed by atoms with Gasteiger partial charge in [-0.2, -0.15) is 22.0 Å². The number of anilines is 1. The molecule has 1 aromatic carbocycles. The van der Waals surface area contributed by atoms with Crippen LogP contribution in [0.5, 0.6) is 0 Å². The maximum atomic E-state index is 12.8. The minimum absolute atomic E-state index is 0.360. The van der Waals surface area contributed by atoms with Crippen LogP contribution in [0.1, 0.15) is 10.4 Å². The molecule has 5 nitrogen and oxygen atoms in total. The number of nitrogens with one attached hydrogen (secondary N) is 2. The molecule has 0 aliphatic heterocycles. The molecule has 0 saturated carbocycles. The second-order valence-electron chi connectivity index (χ2n) is 3.55. The molecule has 0 atom stereocenters. The van der Waals surface area contributed by atoms with E-state index < -0.39 is 29.6 Å². The Morgan fingerprint density at radius 2 is 1.60 bits per heavy atom. The van der Waals surface area contributed by atoms with Gasteiger partial charge >= 0.3 is 18.0 Å². The zero-order chi connectivity index (χ0) is 15.6. The Morgan fingerprint density at radius 3 is 2.10 bits per heavy atom. The largest absolute Gasteiger partial charge is 0.463 e. The number of nitrogens with two attached hydrogens (primary N) is 1. The number of hydrogen-bond donors (Lipinski definition) is 3. The SMILES string of the molecule is NNC(=O)c1ccccc1NC(=O)C(F)(F)C(F)(F)F. The number of para-hydroxylation sites is 1. The molecule has 0 fully saturated rings. The molecule has 0 saturated heterocycles. The summed E-state index contributed by atoms with van der Waals surface area (Å²) in [6.07, 6.45) is -6.04. The minimum atomic E-state index is -6.04. The first-order valence-corrected chi connectivity index (χ1v) is 4.97. The number of carbonyl (C=O) groups is 2. The second kappa shape index (κ2) is 5.41. The lowest BCUT2D eigenvalue weighted by Gasteiger charge is -2.19. The van der Waals surface area contributed by atoms with E-state index in [0.29, 0.717) is 0 Å².